The molecule has 0 saturated carbocycles. The summed E-state index contributed by atoms with van der Waals surface area (Å²) in [7, 11) is 0. The fraction of sp³-hybridized carbons (Fsp3) is 0.333. The van der Waals surface area contributed by atoms with Gasteiger partial charge in [-0.05, 0) is 31.5 Å². The molecule has 0 aliphatic rings. The molecule has 1 atom stereocenters. The summed E-state index contributed by atoms with van der Waals surface area (Å²) in [6.07, 6.45) is 1.87. The lowest BCUT2D eigenvalue weighted by Gasteiger charge is -2.04. The highest BCUT2D eigenvalue weighted by atomic mass is 15.3. The Morgan fingerprint density at radius 1 is 1.50 bits per heavy atom. The van der Waals surface area contributed by atoms with Crippen LogP contribution in [0.2, 0.25) is 0 Å². The van der Waals surface area contributed by atoms with Crippen LogP contribution in [0.5, 0.6) is 0 Å². The second kappa shape index (κ2) is 5.93. The lowest BCUT2D eigenvalue weighted by Crippen LogP contribution is -2.11. The second-order valence-electron chi connectivity index (χ2n) is 4.52. The SMILES string of the molecule is CCCC#CC(C)n1[nH]c(=[N+]=[N-])c2ccc(C#N)cc21. The molecule has 0 amide bonds. The smallest absolute Gasteiger partial charge is 0.385 e. The van der Waals surface area contributed by atoms with Crippen LogP contribution in [0.3, 0.4) is 0 Å². The molecule has 0 radical (unpaired) electrons. The molecular weight excluding hydrogens is 250 g/mol. The Kier molecular flexibility index (Phi) is 4.05. The summed E-state index contributed by atoms with van der Waals surface area (Å²) >= 11 is 0. The molecule has 0 aliphatic carbocycles. The maximum atomic E-state index is 9.05. The standard InChI is InChI=1S/C15H15N5/c1-3-4-5-6-11(2)20-14-9-12(10-16)7-8-13(14)15(18-17)19-20/h7-9,11,19H,3-4H2,1-2H3. The Labute approximate surface area is 117 Å². The van der Waals surface area contributed by atoms with E-state index in [9.17, 15) is 0 Å². The zero-order chi connectivity index (χ0) is 14.5. The van der Waals surface area contributed by atoms with Gasteiger partial charge < -0.3 is 10.3 Å². The molecule has 1 N–H and O–H groups in total. The van der Waals surface area contributed by atoms with Gasteiger partial charge in [-0.25, -0.2) is 4.68 Å². The molecule has 0 bridgehead atoms. The van der Waals surface area contributed by atoms with Gasteiger partial charge in [0.25, 0.3) is 0 Å². The topological polar surface area (TPSA) is 80.9 Å². The number of H-pyrrole nitrogens is 1. The molecule has 2 aromatic rings. The van der Waals surface area contributed by atoms with Gasteiger partial charge in [-0.2, -0.15) is 10.4 Å². The Balaban J connectivity index is 2.62. The Morgan fingerprint density at radius 2 is 2.30 bits per heavy atom. The Bertz CT molecular complexity index is 816. The van der Waals surface area contributed by atoms with Gasteiger partial charge in [-0.1, -0.05) is 12.8 Å². The molecular formula is C15H15N5. The average molecular weight is 265 g/mol. The summed E-state index contributed by atoms with van der Waals surface area (Å²) in [5, 5.41) is 12.8. The van der Waals surface area contributed by atoms with Crippen molar-refractivity contribution in [3.8, 4) is 17.9 Å². The summed E-state index contributed by atoms with van der Waals surface area (Å²) in [5.41, 5.74) is 10.8. The minimum Gasteiger partial charge on any atom is -0.497 e. The van der Waals surface area contributed by atoms with E-state index in [0.29, 0.717) is 11.1 Å². The number of benzene rings is 1. The minimum atomic E-state index is -0.0894. The summed E-state index contributed by atoms with van der Waals surface area (Å²) < 4.78 is 1.81. The average Bonchev–Trinajstić information content (AvgIpc) is 2.85. The van der Waals surface area contributed by atoms with Crippen LogP contribution in [-0.2, 0) is 0 Å². The molecule has 0 saturated heterocycles. The van der Waals surface area contributed by atoms with Crippen LogP contribution in [0.25, 0.3) is 16.4 Å². The van der Waals surface area contributed by atoms with Crippen LogP contribution in [0.15, 0.2) is 18.2 Å². The molecule has 1 unspecified atom stereocenters. The van der Waals surface area contributed by atoms with Gasteiger partial charge in [0.2, 0.25) is 0 Å². The quantitative estimate of drug-likeness (QED) is 0.504. The van der Waals surface area contributed by atoms with Crippen molar-refractivity contribution < 1.29 is 4.79 Å². The van der Waals surface area contributed by atoms with Crippen LogP contribution in [0.4, 0.5) is 0 Å². The highest BCUT2D eigenvalue weighted by Crippen LogP contribution is 2.16. The summed E-state index contributed by atoms with van der Waals surface area (Å²) in [5.74, 6) is 6.25. The number of unbranched alkanes of at least 4 members (excludes halogenated alkanes) is 1. The number of nitrogens with zero attached hydrogens (tertiary/aromatic N) is 4. The number of nitriles is 1. The van der Waals surface area contributed by atoms with Gasteiger partial charge in [0.15, 0.2) is 0 Å². The van der Waals surface area contributed by atoms with Crippen LogP contribution in [-0.4, -0.2) is 14.6 Å². The number of fused-ring (bicyclic) bond motifs is 1. The van der Waals surface area contributed by atoms with Crippen molar-refractivity contribution in [3.05, 3.63) is 34.8 Å². The highest BCUT2D eigenvalue weighted by Gasteiger charge is 2.14. The van der Waals surface area contributed by atoms with E-state index >= 15 is 0 Å². The minimum absolute atomic E-state index is 0.0894. The zero-order valence-electron chi connectivity index (χ0n) is 11.5. The Morgan fingerprint density at radius 3 is 2.95 bits per heavy atom. The predicted octanol–water partition coefficient (Wildman–Crippen LogP) is 2.34. The molecule has 20 heavy (non-hydrogen) atoms. The third-order valence-electron chi connectivity index (χ3n) is 3.04. The zero-order valence-corrected chi connectivity index (χ0v) is 11.5. The third kappa shape index (κ3) is 2.49. The number of aromatic amines is 1. The van der Waals surface area contributed by atoms with Crippen molar-refractivity contribution in [2.75, 3.05) is 0 Å². The van der Waals surface area contributed by atoms with Gasteiger partial charge >= 0.3 is 5.49 Å². The first-order chi connectivity index (χ1) is 9.71. The van der Waals surface area contributed by atoms with Gasteiger partial charge in [-0.15, -0.1) is 5.92 Å². The largest absolute Gasteiger partial charge is 0.497 e. The summed E-state index contributed by atoms with van der Waals surface area (Å²) in [6.45, 7) is 4.04. The summed E-state index contributed by atoms with van der Waals surface area (Å²) in [4.78, 5) is 3.25. The van der Waals surface area contributed by atoms with Crippen molar-refractivity contribution in [3.63, 3.8) is 0 Å². The van der Waals surface area contributed by atoms with Crippen molar-refractivity contribution in [2.45, 2.75) is 32.7 Å². The van der Waals surface area contributed by atoms with Gasteiger partial charge in [0, 0.05) is 6.42 Å². The van der Waals surface area contributed by atoms with E-state index in [4.69, 9.17) is 10.8 Å². The fourth-order valence-corrected chi connectivity index (χ4v) is 2.03. The molecule has 1 aromatic heterocycles. The first-order valence-corrected chi connectivity index (χ1v) is 6.52. The van der Waals surface area contributed by atoms with Crippen LogP contribution in [0.1, 0.15) is 38.3 Å². The van der Waals surface area contributed by atoms with Crippen molar-refractivity contribution >= 4 is 10.9 Å². The van der Waals surface area contributed by atoms with Crippen molar-refractivity contribution in [2.24, 2.45) is 0 Å². The monoisotopic (exact) mass is 265 g/mol. The predicted molar refractivity (Wildman–Crippen MR) is 75.2 cm³/mol. The van der Waals surface area contributed by atoms with Crippen molar-refractivity contribution in [1.29, 1.82) is 5.26 Å². The highest BCUT2D eigenvalue weighted by molar-refractivity contribution is 5.79. The molecule has 5 heteroatoms. The molecule has 1 aromatic carbocycles. The van der Waals surface area contributed by atoms with E-state index < -0.39 is 0 Å². The number of hydrogen-bond donors (Lipinski definition) is 1. The number of rotatable bonds is 2. The maximum absolute atomic E-state index is 9.05. The van der Waals surface area contributed by atoms with Crippen molar-refractivity contribution in [1.82, 2.24) is 9.78 Å². The maximum Gasteiger partial charge on any atom is 0.385 e. The van der Waals surface area contributed by atoms with E-state index in [1.165, 1.54) is 0 Å². The molecule has 2 rings (SSSR count). The molecule has 0 fully saturated rings. The number of nitrogens with one attached hydrogen (secondary N) is 1. The lowest BCUT2D eigenvalue weighted by atomic mass is 10.2. The van der Waals surface area contributed by atoms with E-state index in [0.717, 1.165) is 23.7 Å². The fourth-order valence-electron chi connectivity index (χ4n) is 2.03. The molecule has 0 aliphatic heterocycles. The van der Waals surface area contributed by atoms with E-state index in [2.05, 4.69) is 34.7 Å². The second-order valence-corrected chi connectivity index (χ2v) is 4.52. The third-order valence-corrected chi connectivity index (χ3v) is 3.04. The van der Waals surface area contributed by atoms with Gasteiger partial charge in [0.05, 0.1) is 17.1 Å². The molecule has 0 spiro atoms. The van der Waals surface area contributed by atoms with Crippen LogP contribution < -0.4 is 5.49 Å². The first kappa shape index (κ1) is 13.7. The Hall–Kier alpha value is -2.75. The molecule has 1 heterocycles. The normalized spacial score (nSPS) is 11.2. The van der Waals surface area contributed by atoms with Crippen LogP contribution in [0, 0.1) is 23.2 Å². The molecule has 100 valence electrons. The lowest BCUT2D eigenvalue weighted by molar-refractivity contribution is -0.0706. The van der Waals surface area contributed by atoms with E-state index in [1.807, 2.05) is 11.6 Å². The first-order valence-electron chi connectivity index (χ1n) is 6.52. The number of hydrogen-bond acceptors (Lipinski definition) is 1. The summed E-state index contributed by atoms with van der Waals surface area (Å²) in [6, 6.07) is 7.24. The molecule has 5 nitrogen and oxygen atoms in total. The van der Waals surface area contributed by atoms with Gasteiger partial charge in [0.1, 0.15) is 11.4 Å². The van der Waals surface area contributed by atoms with Gasteiger partial charge in [-0.3, -0.25) is 0 Å². The van der Waals surface area contributed by atoms with E-state index in [1.54, 1.807) is 18.2 Å². The van der Waals surface area contributed by atoms with Crippen LogP contribution >= 0.6 is 0 Å². The van der Waals surface area contributed by atoms with E-state index in [-0.39, 0.29) is 6.04 Å². The number of aromatic nitrogens is 2.